The molecule has 0 radical (unpaired) electrons. The molecule has 1 aromatic rings. The van der Waals surface area contributed by atoms with E-state index >= 15 is 0 Å². The van der Waals surface area contributed by atoms with Gasteiger partial charge in [0, 0.05) is 5.92 Å². The van der Waals surface area contributed by atoms with Crippen molar-refractivity contribution in [3.8, 4) is 0 Å². The predicted octanol–water partition coefficient (Wildman–Crippen LogP) is 2.49. The highest BCUT2D eigenvalue weighted by atomic mass is 16.5. The first-order valence-corrected chi connectivity index (χ1v) is 6.42. The molecule has 0 N–H and O–H groups in total. The lowest BCUT2D eigenvalue weighted by atomic mass is 10.1. The monoisotopic (exact) mass is 221 g/mol. The topological polar surface area (TPSA) is 42.2 Å². The van der Waals surface area contributed by atoms with Gasteiger partial charge in [0.2, 0.25) is 5.89 Å². The summed E-state index contributed by atoms with van der Waals surface area (Å²) in [6.45, 7) is 4.51. The minimum atomic E-state index is 0.292. The second-order valence-electron chi connectivity index (χ2n) is 5.04. The summed E-state index contributed by atoms with van der Waals surface area (Å²) in [4.78, 5) is 6.98. The Hall–Kier alpha value is -0.900. The molecule has 0 amide bonds. The fourth-order valence-corrected chi connectivity index (χ4v) is 2.39. The Morgan fingerprint density at radius 3 is 2.69 bits per heavy atom. The van der Waals surface area contributed by atoms with Crippen molar-refractivity contribution in [3.63, 3.8) is 0 Å². The molecule has 3 rings (SSSR count). The SMILES string of the molecule is C[C@H](c1nc(C2CC2)no1)N1CCCCC1. The van der Waals surface area contributed by atoms with Crippen LogP contribution >= 0.6 is 0 Å². The highest BCUT2D eigenvalue weighted by Gasteiger charge is 2.30. The predicted molar refractivity (Wildman–Crippen MR) is 60.1 cm³/mol. The van der Waals surface area contributed by atoms with Gasteiger partial charge in [0.1, 0.15) is 0 Å². The summed E-state index contributed by atoms with van der Waals surface area (Å²) in [6, 6.07) is 0.292. The molecule has 4 heteroatoms. The lowest BCUT2D eigenvalue weighted by Crippen LogP contribution is -2.32. The molecule has 1 aromatic heterocycles. The molecule has 2 fully saturated rings. The third-order valence-corrected chi connectivity index (χ3v) is 3.70. The van der Waals surface area contributed by atoms with Crippen LogP contribution in [0.25, 0.3) is 0 Å². The summed E-state index contributed by atoms with van der Waals surface area (Å²) in [6.07, 6.45) is 6.43. The molecular weight excluding hydrogens is 202 g/mol. The zero-order valence-corrected chi connectivity index (χ0v) is 9.85. The number of nitrogens with zero attached hydrogens (tertiary/aromatic N) is 3. The van der Waals surface area contributed by atoms with Crippen LogP contribution in [0.2, 0.25) is 0 Å². The highest BCUT2D eigenvalue weighted by Crippen LogP contribution is 2.38. The van der Waals surface area contributed by atoms with Gasteiger partial charge in [0.05, 0.1) is 6.04 Å². The first-order chi connectivity index (χ1) is 7.84. The highest BCUT2D eigenvalue weighted by molar-refractivity contribution is 5.04. The van der Waals surface area contributed by atoms with Gasteiger partial charge in [0.25, 0.3) is 0 Å². The van der Waals surface area contributed by atoms with E-state index < -0.39 is 0 Å². The van der Waals surface area contributed by atoms with Gasteiger partial charge < -0.3 is 4.52 Å². The van der Waals surface area contributed by atoms with Crippen molar-refractivity contribution in [1.29, 1.82) is 0 Å². The van der Waals surface area contributed by atoms with E-state index in [-0.39, 0.29) is 0 Å². The van der Waals surface area contributed by atoms with Gasteiger partial charge in [-0.05, 0) is 45.7 Å². The molecular formula is C12H19N3O. The van der Waals surface area contributed by atoms with Crippen molar-refractivity contribution in [2.24, 2.45) is 0 Å². The van der Waals surface area contributed by atoms with Crippen LogP contribution in [0.1, 0.15) is 62.7 Å². The molecule has 1 saturated heterocycles. The number of piperidine rings is 1. The van der Waals surface area contributed by atoms with Crippen LogP contribution in [-0.4, -0.2) is 28.1 Å². The van der Waals surface area contributed by atoms with Gasteiger partial charge in [-0.25, -0.2) is 0 Å². The number of rotatable bonds is 3. The van der Waals surface area contributed by atoms with Crippen molar-refractivity contribution in [2.75, 3.05) is 13.1 Å². The van der Waals surface area contributed by atoms with E-state index in [0.717, 1.165) is 11.7 Å². The lowest BCUT2D eigenvalue weighted by Gasteiger charge is -2.29. The fraction of sp³-hybridized carbons (Fsp3) is 0.833. The lowest BCUT2D eigenvalue weighted by molar-refractivity contribution is 0.146. The molecule has 2 heterocycles. The van der Waals surface area contributed by atoms with E-state index in [1.54, 1.807) is 0 Å². The Bertz CT molecular complexity index is 353. The molecule has 1 aliphatic carbocycles. The average molecular weight is 221 g/mol. The zero-order chi connectivity index (χ0) is 11.0. The average Bonchev–Trinajstić information content (AvgIpc) is 3.08. The minimum absolute atomic E-state index is 0.292. The first kappa shape index (κ1) is 10.3. The third kappa shape index (κ3) is 1.98. The van der Waals surface area contributed by atoms with Gasteiger partial charge in [0.15, 0.2) is 5.82 Å². The number of aromatic nitrogens is 2. The zero-order valence-electron chi connectivity index (χ0n) is 9.85. The summed E-state index contributed by atoms with van der Waals surface area (Å²) in [5.74, 6) is 2.33. The molecule has 0 spiro atoms. The van der Waals surface area contributed by atoms with Crippen molar-refractivity contribution in [1.82, 2.24) is 15.0 Å². The van der Waals surface area contributed by atoms with Gasteiger partial charge in [-0.1, -0.05) is 11.6 Å². The first-order valence-electron chi connectivity index (χ1n) is 6.42. The van der Waals surface area contributed by atoms with E-state index in [4.69, 9.17) is 4.52 Å². The van der Waals surface area contributed by atoms with Crippen LogP contribution in [0.15, 0.2) is 4.52 Å². The van der Waals surface area contributed by atoms with Gasteiger partial charge in [-0.15, -0.1) is 0 Å². The van der Waals surface area contributed by atoms with E-state index in [9.17, 15) is 0 Å². The van der Waals surface area contributed by atoms with Gasteiger partial charge >= 0.3 is 0 Å². The van der Waals surface area contributed by atoms with E-state index in [2.05, 4.69) is 22.0 Å². The third-order valence-electron chi connectivity index (χ3n) is 3.70. The largest absolute Gasteiger partial charge is 0.338 e. The Balaban J connectivity index is 1.69. The summed E-state index contributed by atoms with van der Waals surface area (Å²) in [5.41, 5.74) is 0. The molecule has 2 aliphatic rings. The molecule has 4 nitrogen and oxygen atoms in total. The molecule has 0 unspecified atom stereocenters. The van der Waals surface area contributed by atoms with E-state index in [0.29, 0.717) is 12.0 Å². The molecule has 1 aliphatic heterocycles. The fourth-order valence-electron chi connectivity index (χ4n) is 2.39. The summed E-state index contributed by atoms with van der Waals surface area (Å²) >= 11 is 0. The van der Waals surface area contributed by atoms with Crippen LogP contribution in [0, 0.1) is 0 Å². The maximum absolute atomic E-state index is 5.38. The van der Waals surface area contributed by atoms with Crippen LogP contribution in [0.4, 0.5) is 0 Å². The Kier molecular flexibility index (Phi) is 2.67. The second-order valence-corrected chi connectivity index (χ2v) is 5.04. The van der Waals surface area contributed by atoms with Crippen LogP contribution in [0.5, 0.6) is 0 Å². The summed E-state index contributed by atoms with van der Waals surface area (Å²) < 4.78 is 5.38. The molecule has 1 atom stereocenters. The maximum Gasteiger partial charge on any atom is 0.243 e. The van der Waals surface area contributed by atoms with Crippen molar-refractivity contribution < 1.29 is 4.52 Å². The Morgan fingerprint density at radius 2 is 2.00 bits per heavy atom. The van der Waals surface area contributed by atoms with Crippen LogP contribution in [0.3, 0.4) is 0 Å². The van der Waals surface area contributed by atoms with Gasteiger partial charge in [-0.2, -0.15) is 4.98 Å². The Labute approximate surface area is 96.0 Å². The maximum atomic E-state index is 5.38. The number of hydrogen-bond acceptors (Lipinski definition) is 4. The van der Waals surface area contributed by atoms with Gasteiger partial charge in [-0.3, -0.25) is 4.90 Å². The molecule has 88 valence electrons. The molecule has 0 bridgehead atoms. The molecule has 16 heavy (non-hydrogen) atoms. The van der Waals surface area contributed by atoms with E-state index in [1.165, 1.54) is 45.2 Å². The number of hydrogen-bond donors (Lipinski definition) is 0. The Morgan fingerprint density at radius 1 is 1.25 bits per heavy atom. The molecule has 1 saturated carbocycles. The van der Waals surface area contributed by atoms with Crippen LogP contribution < -0.4 is 0 Å². The van der Waals surface area contributed by atoms with Crippen LogP contribution in [-0.2, 0) is 0 Å². The van der Waals surface area contributed by atoms with Crippen molar-refractivity contribution >= 4 is 0 Å². The van der Waals surface area contributed by atoms with E-state index in [1.807, 2.05) is 0 Å². The summed E-state index contributed by atoms with van der Waals surface area (Å²) in [5, 5.41) is 4.08. The quantitative estimate of drug-likeness (QED) is 0.786. The standard InChI is InChI=1S/C12H19N3O/c1-9(15-7-3-2-4-8-15)12-13-11(14-16-12)10-5-6-10/h9-10H,2-8H2,1H3/t9-/m1/s1. The number of likely N-dealkylation sites (tertiary alicyclic amines) is 1. The summed E-state index contributed by atoms with van der Waals surface area (Å²) in [7, 11) is 0. The van der Waals surface area contributed by atoms with Crippen molar-refractivity contribution in [2.45, 2.75) is 51.0 Å². The molecule has 0 aromatic carbocycles. The normalized spacial score (nSPS) is 24.6. The minimum Gasteiger partial charge on any atom is -0.338 e. The second kappa shape index (κ2) is 4.17. The smallest absolute Gasteiger partial charge is 0.243 e. The van der Waals surface area contributed by atoms with Crippen molar-refractivity contribution in [3.05, 3.63) is 11.7 Å².